The molecule has 1 atom stereocenters. The molecule has 0 fully saturated rings. The molecule has 0 aromatic heterocycles. The standard InChI is InChI=1S/C28H32FN3O3.C2H6/c1-17-4-5-19(24(14-27(33)34)23-8-9-25(31-3)28(30)18(23)2)12-21(17)16-32-10-11-35-26-13-22(29)7-6-20(26)15-32;1-2/h4-9,12-13,24,31H,10-11,14-16,30H2,1-3H3,(H,33,34);1-2H3. The lowest BCUT2D eigenvalue weighted by Gasteiger charge is -2.24. The summed E-state index contributed by atoms with van der Waals surface area (Å²) in [4.78, 5) is 14.1. The van der Waals surface area contributed by atoms with E-state index in [1.165, 1.54) is 12.1 Å². The molecule has 0 amide bonds. The predicted octanol–water partition coefficient (Wildman–Crippen LogP) is 6.09. The Balaban J connectivity index is 0.00000186. The van der Waals surface area contributed by atoms with Gasteiger partial charge < -0.3 is 20.9 Å². The summed E-state index contributed by atoms with van der Waals surface area (Å²) in [6, 6.07) is 14.7. The van der Waals surface area contributed by atoms with Gasteiger partial charge in [0, 0.05) is 44.2 Å². The van der Waals surface area contributed by atoms with Crippen molar-refractivity contribution in [3.05, 3.63) is 87.7 Å². The summed E-state index contributed by atoms with van der Waals surface area (Å²) in [5.41, 5.74) is 13.8. The molecule has 3 aromatic carbocycles. The van der Waals surface area contributed by atoms with E-state index < -0.39 is 5.97 Å². The minimum Gasteiger partial charge on any atom is -0.492 e. The maximum Gasteiger partial charge on any atom is 0.304 e. The van der Waals surface area contributed by atoms with Gasteiger partial charge in [0.1, 0.15) is 18.2 Å². The Morgan fingerprint density at radius 1 is 1.16 bits per heavy atom. The van der Waals surface area contributed by atoms with Gasteiger partial charge in [-0.2, -0.15) is 0 Å². The Bertz CT molecular complexity index is 1240. The summed E-state index contributed by atoms with van der Waals surface area (Å²) in [5, 5.41) is 12.8. The highest BCUT2D eigenvalue weighted by Crippen LogP contribution is 2.36. The molecule has 7 heteroatoms. The zero-order valence-electron chi connectivity index (χ0n) is 22.4. The van der Waals surface area contributed by atoms with Crippen molar-refractivity contribution in [3.63, 3.8) is 0 Å². The van der Waals surface area contributed by atoms with Crippen molar-refractivity contribution < 1.29 is 19.0 Å². The SMILES string of the molecule is CC.CNc1ccc(C(CC(=O)O)c2ccc(C)c(CN3CCOc4cc(F)ccc4C3)c2)c(C)c1N. The van der Waals surface area contributed by atoms with E-state index in [0.717, 1.165) is 39.1 Å². The molecule has 6 nitrogen and oxygen atoms in total. The van der Waals surface area contributed by atoms with E-state index in [2.05, 4.69) is 29.3 Å². The minimum absolute atomic E-state index is 0.0296. The number of nitrogen functional groups attached to an aromatic ring is 1. The highest BCUT2D eigenvalue weighted by Gasteiger charge is 2.23. The Labute approximate surface area is 219 Å². The number of benzene rings is 3. The molecule has 1 aliphatic rings. The van der Waals surface area contributed by atoms with E-state index >= 15 is 0 Å². The summed E-state index contributed by atoms with van der Waals surface area (Å²) in [6.45, 7) is 10.5. The van der Waals surface area contributed by atoms with Gasteiger partial charge in [0.25, 0.3) is 0 Å². The van der Waals surface area contributed by atoms with Crippen LogP contribution in [0.15, 0.2) is 48.5 Å². The second-order valence-electron chi connectivity index (χ2n) is 9.14. The predicted molar refractivity (Wildman–Crippen MR) is 148 cm³/mol. The fraction of sp³-hybridized carbons (Fsp3) is 0.367. The molecule has 1 unspecified atom stereocenters. The molecule has 1 aliphatic heterocycles. The number of rotatable bonds is 7. The largest absolute Gasteiger partial charge is 0.492 e. The van der Waals surface area contributed by atoms with Crippen LogP contribution in [0.4, 0.5) is 15.8 Å². The van der Waals surface area contributed by atoms with Crippen molar-refractivity contribution >= 4 is 17.3 Å². The summed E-state index contributed by atoms with van der Waals surface area (Å²) in [5.74, 6) is -0.890. The second-order valence-corrected chi connectivity index (χ2v) is 9.14. The van der Waals surface area contributed by atoms with Crippen molar-refractivity contribution in [2.75, 3.05) is 31.2 Å². The van der Waals surface area contributed by atoms with E-state index in [4.69, 9.17) is 10.5 Å². The monoisotopic (exact) mass is 507 g/mol. The summed E-state index contributed by atoms with van der Waals surface area (Å²) in [6.07, 6.45) is -0.0296. The van der Waals surface area contributed by atoms with Gasteiger partial charge >= 0.3 is 5.97 Å². The van der Waals surface area contributed by atoms with Gasteiger partial charge in [-0.1, -0.05) is 44.2 Å². The van der Waals surface area contributed by atoms with Gasteiger partial charge in [0.15, 0.2) is 0 Å². The third kappa shape index (κ3) is 6.60. The first-order chi connectivity index (χ1) is 17.8. The van der Waals surface area contributed by atoms with Crippen LogP contribution in [0.2, 0.25) is 0 Å². The third-order valence-corrected chi connectivity index (χ3v) is 6.84. The number of aliphatic carboxylic acids is 1. The summed E-state index contributed by atoms with van der Waals surface area (Å²) in [7, 11) is 1.81. The molecule has 3 aromatic rings. The molecule has 0 saturated heterocycles. The Hall–Kier alpha value is -3.58. The van der Waals surface area contributed by atoms with Crippen LogP contribution in [0, 0.1) is 19.7 Å². The Morgan fingerprint density at radius 2 is 1.92 bits per heavy atom. The number of halogens is 1. The van der Waals surface area contributed by atoms with Crippen LogP contribution in [0.1, 0.15) is 59.6 Å². The topological polar surface area (TPSA) is 87.8 Å². The highest BCUT2D eigenvalue weighted by atomic mass is 19.1. The number of carbonyl (C=O) groups is 1. The van der Waals surface area contributed by atoms with E-state index in [9.17, 15) is 14.3 Å². The van der Waals surface area contributed by atoms with Crippen LogP contribution in [0.25, 0.3) is 0 Å². The number of nitrogens with two attached hydrogens (primary N) is 1. The van der Waals surface area contributed by atoms with E-state index in [1.54, 1.807) is 6.07 Å². The average molecular weight is 508 g/mol. The summed E-state index contributed by atoms with van der Waals surface area (Å²) < 4.78 is 19.4. The van der Waals surface area contributed by atoms with Crippen LogP contribution in [0.3, 0.4) is 0 Å². The van der Waals surface area contributed by atoms with Crippen LogP contribution in [-0.4, -0.2) is 36.2 Å². The number of aryl methyl sites for hydroxylation is 1. The van der Waals surface area contributed by atoms with Crippen molar-refractivity contribution in [2.45, 2.75) is 53.1 Å². The lowest BCUT2D eigenvalue weighted by Crippen LogP contribution is -2.25. The molecule has 0 saturated carbocycles. The minimum atomic E-state index is -0.860. The third-order valence-electron chi connectivity index (χ3n) is 6.84. The number of nitrogens with one attached hydrogen (secondary N) is 1. The lowest BCUT2D eigenvalue weighted by molar-refractivity contribution is -0.137. The first-order valence-corrected chi connectivity index (χ1v) is 12.8. The molecule has 198 valence electrons. The van der Waals surface area contributed by atoms with E-state index in [1.807, 2.05) is 46.0 Å². The fourth-order valence-electron chi connectivity index (χ4n) is 4.78. The van der Waals surface area contributed by atoms with Crippen molar-refractivity contribution in [1.82, 2.24) is 4.90 Å². The average Bonchev–Trinajstić information content (AvgIpc) is 3.08. The smallest absolute Gasteiger partial charge is 0.304 e. The van der Waals surface area contributed by atoms with Crippen LogP contribution >= 0.6 is 0 Å². The lowest BCUT2D eigenvalue weighted by atomic mass is 9.84. The van der Waals surface area contributed by atoms with Gasteiger partial charge in [-0.15, -0.1) is 0 Å². The number of hydrogen-bond donors (Lipinski definition) is 3. The van der Waals surface area contributed by atoms with Crippen molar-refractivity contribution in [2.24, 2.45) is 0 Å². The molecule has 37 heavy (non-hydrogen) atoms. The van der Waals surface area contributed by atoms with Gasteiger partial charge in [0.2, 0.25) is 0 Å². The number of ether oxygens (including phenoxy) is 1. The summed E-state index contributed by atoms with van der Waals surface area (Å²) >= 11 is 0. The first kappa shape index (κ1) is 28.0. The molecule has 0 aliphatic carbocycles. The Kier molecular flexibility index (Phi) is 9.53. The number of anilines is 2. The van der Waals surface area contributed by atoms with Crippen LogP contribution in [0.5, 0.6) is 5.75 Å². The van der Waals surface area contributed by atoms with Gasteiger partial charge in [-0.05, 0) is 53.8 Å². The molecular weight excluding hydrogens is 469 g/mol. The number of fused-ring (bicyclic) bond motifs is 1. The van der Waals surface area contributed by atoms with Gasteiger partial charge in [-0.3, -0.25) is 9.69 Å². The maximum absolute atomic E-state index is 13.6. The Morgan fingerprint density at radius 3 is 2.62 bits per heavy atom. The van der Waals surface area contributed by atoms with E-state index in [-0.39, 0.29) is 18.2 Å². The zero-order valence-corrected chi connectivity index (χ0v) is 22.4. The molecule has 0 bridgehead atoms. The number of carboxylic acids is 1. The van der Waals surface area contributed by atoms with Crippen molar-refractivity contribution in [1.29, 1.82) is 0 Å². The molecule has 0 spiro atoms. The maximum atomic E-state index is 13.6. The normalized spacial score (nSPS) is 13.9. The van der Waals surface area contributed by atoms with Crippen molar-refractivity contribution in [3.8, 4) is 5.75 Å². The van der Waals surface area contributed by atoms with Gasteiger partial charge in [-0.25, -0.2) is 4.39 Å². The number of carboxylic acid groups (broad SMARTS) is 1. The number of nitrogens with zero attached hydrogens (tertiary/aromatic N) is 1. The molecule has 0 radical (unpaired) electrons. The number of hydrogen-bond acceptors (Lipinski definition) is 5. The van der Waals surface area contributed by atoms with Gasteiger partial charge in [0.05, 0.1) is 17.8 Å². The van der Waals surface area contributed by atoms with Crippen LogP contribution < -0.4 is 15.8 Å². The fourth-order valence-corrected chi connectivity index (χ4v) is 4.78. The van der Waals surface area contributed by atoms with E-state index in [0.29, 0.717) is 37.7 Å². The first-order valence-electron chi connectivity index (χ1n) is 12.8. The quantitative estimate of drug-likeness (QED) is 0.335. The second kappa shape index (κ2) is 12.6. The zero-order chi connectivity index (χ0) is 27.1. The molecular formula is C30H38FN3O3. The van der Waals surface area contributed by atoms with Crippen LogP contribution in [-0.2, 0) is 17.9 Å². The molecule has 4 N–H and O–H groups in total. The molecule has 1 heterocycles. The highest BCUT2D eigenvalue weighted by molar-refractivity contribution is 5.74. The molecule has 4 rings (SSSR count).